The van der Waals surface area contributed by atoms with Crippen LogP contribution in [0.5, 0.6) is 0 Å². The predicted octanol–water partition coefficient (Wildman–Crippen LogP) is 1.29. The van der Waals surface area contributed by atoms with Gasteiger partial charge in [-0.2, -0.15) is 0 Å². The Morgan fingerprint density at radius 3 is 2.86 bits per heavy atom. The first-order chi connectivity index (χ1) is 9.95. The number of hydrogen-bond acceptors (Lipinski definition) is 5. The zero-order valence-electron chi connectivity index (χ0n) is 13.5. The number of aryl methyl sites for hydroxylation is 1. The summed E-state index contributed by atoms with van der Waals surface area (Å²) in [6.07, 6.45) is 1.12. The fourth-order valence-corrected chi connectivity index (χ4v) is 3.66. The van der Waals surface area contributed by atoms with Crippen LogP contribution in [0.3, 0.4) is 0 Å². The highest BCUT2D eigenvalue weighted by Gasteiger charge is 2.27. The lowest BCUT2D eigenvalue weighted by Crippen LogP contribution is -2.37. The van der Waals surface area contributed by atoms with E-state index in [0.29, 0.717) is 12.5 Å². The van der Waals surface area contributed by atoms with E-state index in [4.69, 9.17) is 0 Å². The van der Waals surface area contributed by atoms with Gasteiger partial charge < -0.3 is 14.7 Å². The molecule has 1 aliphatic heterocycles. The second-order valence-electron chi connectivity index (χ2n) is 6.29. The van der Waals surface area contributed by atoms with Crippen molar-refractivity contribution in [3.8, 4) is 0 Å². The van der Waals surface area contributed by atoms with E-state index in [2.05, 4.69) is 23.9 Å². The van der Waals surface area contributed by atoms with Crippen molar-refractivity contribution in [1.82, 2.24) is 19.7 Å². The zero-order chi connectivity index (χ0) is 15.4. The van der Waals surface area contributed by atoms with E-state index in [-0.39, 0.29) is 5.91 Å². The Morgan fingerprint density at radius 1 is 1.48 bits per heavy atom. The predicted molar refractivity (Wildman–Crippen MR) is 86.4 cm³/mol. The van der Waals surface area contributed by atoms with Crippen LogP contribution in [0.15, 0.2) is 5.51 Å². The van der Waals surface area contributed by atoms with E-state index in [9.17, 15) is 4.79 Å². The van der Waals surface area contributed by atoms with Crippen LogP contribution in [0.2, 0.25) is 0 Å². The number of hydrogen-bond donors (Lipinski definition) is 0. The molecule has 0 spiro atoms. The first-order valence-corrected chi connectivity index (χ1v) is 8.33. The number of likely N-dealkylation sites (tertiary alicyclic amines) is 1. The van der Waals surface area contributed by atoms with Crippen LogP contribution in [0.1, 0.15) is 17.0 Å². The smallest absolute Gasteiger partial charge is 0.236 e. The molecule has 1 aliphatic rings. The van der Waals surface area contributed by atoms with E-state index < -0.39 is 0 Å². The molecule has 118 valence electrons. The molecule has 21 heavy (non-hydrogen) atoms. The van der Waals surface area contributed by atoms with Crippen molar-refractivity contribution in [2.24, 2.45) is 5.92 Å². The van der Waals surface area contributed by atoms with Crippen LogP contribution in [-0.2, 0) is 11.3 Å². The maximum Gasteiger partial charge on any atom is 0.236 e. The van der Waals surface area contributed by atoms with Gasteiger partial charge >= 0.3 is 0 Å². The quantitative estimate of drug-likeness (QED) is 0.794. The Balaban J connectivity index is 1.77. The third kappa shape index (κ3) is 4.76. The Hall–Kier alpha value is -0.980. The molecular weight excluding hydrogens is 284 g/mol. The molecule has 2 heterocycles. The molecule has 2 rings (SSSR count). The standard InChI is InChI=1S/C15H26N4OS/c1-12-14(21-11-16-12)9-18(4)7-13-5-6-19(8-13)15(20)10-17(2)3/h11,13H,5-10H2,1-4H3/t13-/m0/s1. The summed E-state index contributed by atoms with van der Waals surface area (Å²) in [6.45, 7) is 6.39. The summed E-state index contributed by atoms with van der Waals surface area (Å²) in [5.74, 6) is 0.845. The highest BCUT2D eigenvalue weighted by Crippen LogP contribution is 2.20. The number of carbonyl (C=O) groups is 1. The van der Waals surface area contributed by atoms with Crippen LogP contribution in [0.4, 0.5) is 0 Å². The first kappa shape index (κ1) is 16.4. The Bertz CT molecular complexity index is 474. The summed E-state index contributed by atoms with van der Waals surface area (Å²) in [4.78, 5) is 24.0. The maximum atomic E-state index is 12.1. The first-order valence-electron chi connectivity index (χ1n) is 7.45. The van der Waals surface area contributed by atoms with Gasteiger partial charge in [0, 0.05) is 31.1 Å². The van der Waals surface area contributed by atoms with Gasteiger partial charge in [0.15, 0.2) is 0 Å². The molecule has 1 fully saturated rings. The van der Waals surface area contributed by atoms with Crippen LogP contribution in [0.25, 0.3) is 0 Å². The highest BCUT2D eigenvalue weighted by molar-refractivity contribution is 7.09. The van der Waals surface area contributed by atoms with Crippen LogP contribution in [-0.4, -0.2) is 72.9 Å². The SMILES string of the molecule is Cc1ncsc1CN(C)C[C@@H]1CCN(C(=O)CN(C)C)C1. The Kier molecular flexibility index (Phi) is 5.72. The number of thiazole rings is 1. The molecule has 1 saturated heterocycles. The van der Waals surface area contributed by atoms with Gasteiger partial charge in [0.05, 0.1) is 17.7 Å². The van der Waals surface area contributed by atoms with Crippen LogP contribution < -0.4 is 0 Å². The molecule has 1 atom stereocenters. The number of nitrogens with zero attached hydrogens (tertiary/aromatic N) is 4. The number of amides is 1. The van der Waals surface area contributed by atoms with Gasteiger partial charge in [-0.05, 0) is 40.4 Å². The molecule has 0 bridgehead atoms. The van der Waals surface area contributed by atoms with Gasteiger partial charge in [0.1, 0.15) is 0 Å². The molecule has 0 saturated carbocycles. The Labute approximate surface area is 131 Å². The largest absolute Gasteiger partial charge is 0.341 e. The number of likely N-dealkylation sites (N-methyl/N-ethyl adjacent to an activating group) is 1. The number of carbonyl (C=O) groups excluding carboxylic acids is 1. The van der Waals surface area contributed by atoms with Gasteiger partial charge in [-0.25, -0.2) is 4.98 Å². The normalized spacial score (nSPS) is 19.0. The molecule has 1 aromatic rings. The summed E-state index contributed by atoms with van der Waals surface area (Å²) in [6, 6.07) is 0. The molecule has 0 N–H and O–H groups in total. The highest BCUT2D eigenvalue weighted by atomic mass is 32.1. The van der Waals surface area contributed by atoms with Crippen molar-refractivity contribution in [3.63, 3.8) is 0 Å². The van der Waals surface area contributed by atoms with E-state index in [0.717, 1.165) is 38.3 Å². The van der Waals surface area contributed by atoms with Crippen molar-refractivity contribution in [2.75, 3.05) is 47.3 Å². The molecule has 0 aromatic carbocycles. The fourth-order valence-electron chi connectivity index (χ4n) is 2.81. The summed E-state index contributed by atoms with van der Waals surface area (Å²) >= 11 is 1.73. The summed E-state index contributed by atoms with van der Waals surface area (Å²) < 4.78 is 0. The summed E-state index contributed by atoms with van der Waals surface area (Å²) in [7, 11) is 6.04. The monoisotopic (exact) mass is 310 g/mol. The fraction of sp³-hybridized carbons (Fsp3) is 0.733. The molecule has 1 aromatic heterocycles. The minimum absolute atomic E-state index is 0.253. The van der Waals surface area contributed by atoms with E-state index >= 15 is 0 Å². The number of rotatable bonds is 6. The van der Waals surface area contributed by atoms with Gasteiger partial charge in [-0.1, -0.05) is 0 Å². The lowest BCUT2D eigenvalue weighted by molar-refractivity contribution is -0.130. The number of aromatic nitrogens is 1. The van der Waals surface area contributed by atoms with Gasteiger partial charge in [0.2, 0.25) is 5.91 Å². The second kappa shape index (κ2) is 7.33. The van der Waals surface area contributed by atoms with Gasteiger partial charge in [-0.15, -0.1) is 11.3 Å². The average molecular weight is 310 g/mol. The van der Waals surface area contributed by atoms with Crippen molar-refractivity contribution < 1.29 is 4.79 Å². The Morgan fingerprint density at radius 2 is 2.24 bits per heavy atom. The topological polar surface area (TPSA) is 39.7 Å². The van der Waals surface area contributed by atoms with E-state index in [1.54, 1.807) is 11.3 Å². The van der Waals surface area contributed by atoms with E-state index in [1.165, 1.54) is 4.88 Å². The molecular formula is C15H26N4OS. The van der Waals surface area contributed by atoms with E-state index in [1.807, 2.05) is 29.4 Å². The maximum absolute atomic E-state index is 12.1. The third-order valence-electron chi connectivity index (χ3n) is 3.92. The second-order valence-corrected chi connectivity index (χ2v) is 7.23. The van der Waals surface area contributed by atoms with Gasteiger partial charge in [-0.3, -0.25) is 4.79 Å². The molecule has 0 radical (unpaired) electrons. The summed E-state index contributed by atoms with van der Waals surface area (Å²) in [5.41, 5.74) is 3.05. The third-order valence-corrected chi connectivity index (χ3v) is 4.84. The lowest BCUT2D eigenvalue weighted by atomic mass is 10.1. The lowest BCUT2D eigenvalue weighted by Gasteiger charge is -2.22. The molecule has 5 nitrogen and oxygen atoms in total. The minimum atomic E-state index is 0.253. The molecule has 1 amide bonds. The van der Waals surface area contributed by atoms with Crippen molar-refractivity contribution in [3.05, 3.63) is 16.1 Å². The summed E-state index contributed by atoms with van der Waals surface area (Å²) in [5, 5.41) is 0. The van der Waals surface area contributed by atoms with Crippen molar-refractivity contribution in [2.45, 2.75) is 19.9 Å². The molecule has 6 heteroatoms. The van der Waals surface area contributed by atoms with Crippen LogP contribution in [0, 0.1) is 12.8 Å². The van der Waals surface area contributed by atoms with Gasteiger partial charge in [0.25, 0.3) is 0 Å². The average Bonchev–Trinajstić information content (AvgIpc) is 2.99. The molecule has 0 aliphatic carbocycles. The van der Waals surface area contributed by atoms with Crippen molar-refractivity contribution in [1.29, 1.82) is 0 Å². The zero-order valence-corrected chi connectivity index (χ0v) is 14.3. The molecule has 0 unspecified atom stereocenters. The van der Waals surface area contributed by atoms with Crippen molar-refractivity contribution >= 4 is 17.2 Å². The van der Waals surface area contributed by atoms with Crippen LogP contribution >= 0.6 is 11.3 Å². The minimum Gasteiger partial charge on any atom is -0.341 e.